The van der Waals surface area contributed by atoms with Gasteiger partial charge in [-0.15, -0.1) is 0 Å². The van der Waals surface area contributed by atoms with Crippen LogP contribution in [0.4, 0.5) is 0 Å². The fourth-order valence-electron chi connectivity index (χ4n) is 3.67. The molecule has 12 heteroatoms. The number of carbonyl (C=O) groups is 5. The van der Waals surface area contributed by atoms with Gasteiger partial charge in [0.15, 0.2) is 0 Å². The number of hydrogen-bond donors (Lipinski definition) is 7. The van der Waals surface area contributed by atoms with Gasteiger partial charge in [0.2, 0.25) is 17.7 Å². The van der Waals surface area contributed by atoms with Crippen LogP contribution in [0.5, 0.6) is 0 Å². The SMILES string of the molecule is CCC(C)C(N)C(=O)NC(CCC(=O)O)C(=O)NC(Cc1ccccc1)C(=O)NC(CCCCN)C(=O)O. The van der Waals surface area contributed by atoms with E-state index in [9.17, 15) is 29.1 Å². The summed E-state index contributed by atoms with van der Waals surface area (Å²) in [5, 5.41) is 26.2. The second kappa shape index (κ2) is 17.1. The van der Waals surface area contributed by atoms with Crippen molar-refractivity contribution in [2.75, 3.05) is 6.54 Å². The maximum absolute atomic E-state index is 13.2. The minimum absolute atomic E-state index is 0.0412. The molecule has 0 radical (unpaired) electrons. The Morgan fingerprint density at radius 2 is 1.42 bits per heavy atom. The second-order valence-electron chi connectivity index (χ2n) is 9.34. The molecule has 0 aliphatic heterocycles. The van der Waals surface area contributed by atoms with E-state index in [0.29, 0.717) is 31.4 Å². The maximum Gasteiger partial charge on any atom is 0.326 e. The van der Waals surface area contributed by atoms with E-state index in [0.717, 1.165) is 0 Å². The van der Waals surface area contributed by atoms with Crippen LogP contribution in [0.2, 0.25) is 0 Å². The van der Waals surface area contributed by atoms with E-state index in [-0.39, 0.29) is 25.2 Å². The van der Waals surface area contributed by atoms with Gasteiger partial charge in [-0.2, -0.15) is 0 Å². The lowest BCUT2D eigenvalue weighted by atomic mass is 9.98. The van der Waals surface area contributed by atoms with E-state index in [1.807, 2.05) is 6.92 Å². The fraction of sp³-hybridized carbons (Fsp3) is 0.577. The molecule has 0 saturated heterocycles. The third kappa shape index (κ3) is 11.7. The molecular formula is C26H41N5O7. The number of rotatable bonds is 18. The van der Waals surface area contributed by atoms with Crippen LogP contribution in [0, 0.1) is 5.92 Å². The zero-order valence-corrected chi connectivity index (χ0v) is 22.0. The molecule has 0 bridgehead atoms. The number of benzene rings is 1. The highest BCUT2D eigenvalue weighted by molar-refractivity contribution is 5.94. The molecule has 0 spiro atoms. The Morgan fingerprint density at radius 1 is 0.842 bits per heavy atom. The normalized spacial score (nSPS) is 14.8. The number of nitrogens with one attached hydrogen (secondary N) is 3. The number of aliphatic carboxylic acids is 2. The third-order valence-corrected chi connectivity index (χ3v) is 6.32. The van der Waals surface area contributed by atoms with Gasteiger partial charge < -0.3 is 37.6 Å². The smallest absolute Gasteiger partial charge is 0.326 e. The topological polar surface area (TPSA) is 214 Å². The van der Waals surface area contributed by atoms with Crippen molar-refractivity contribution in [3.8, 4) is 0 Å². The number of unbranched alkanes of at least 4 members (excludes halogenated alkanes) is 1. The van der Waals surface area contributed by atoms with Gasteiger partial charge in [0, 0.05) is 12.8 Å². The summed E-state index contributed by atoms with van der Waals surface area (Å²) in [7, 11) is 0. The Kier molecular flexibility index (Phi) is 14.6. The van der Waals surface area contributed by atoms with Crippen molar-refractivity contribution >= 4 is 29.7 Å². The third-order valence-electron chi connectivity index (χ3n) is 6.32. The minimum atomic E-state index is -1.26. The summed E-state index contributed by atoms with van der Waals surface area (Å²) in [6.45, 7) is 4.03. The van der Waals surface area contributed by atoms with Crippen molar-refractivity contribution in [2.24, 2.45) is 17.4 Å². The number of carbonyl (C=O) groups excluding carboxylic acids is 3. The molecular weight excluding hydrogens is 494 g/mol. The number of carboxylic acids is 2. The molecule has 0 fully saturated rings. The molecule has 0 aromatic heterocycles. The number of hydrogen-bond acceptors (Lipinski definition) is 7. The van der Waals surface area contributed by atoms with Crippen molar-refractivity contribution in [1.29, 1.82) is 0 Å². The van der Waals surface area contributed by atoms with Gasteiger partial charge in [0.05, 0.1) is 6.04 Å². The van der Waals surface area contributed by atoms with Crippen LogP contribution in [-0.2, 0) is 30.4 Å². The highest BCUT2D eigenvalue weighted by atomic mass is 16.4. The van der Waals surface area contributed by atoms with Gasteiger partial charge in [-0.05, 0) is 43.7 Å². The molecule has 12 nitrogen and oxygen atoms in total. The summed E-state index contributed by atoms with van der Waals surface area (Å²) < 4.78 is 0. The predicted octanol–water partition coefficient (Wildman–Crippen LogP) is 0.135. The van der Waals surface area contributed by atoms with Crippen molar-refractivity contribution in [3.05, 3.63) is 35.9 Å². The first-order valence-corrected chi connectivity index (χ1v) is 12.8. The van der Waals surface area contributed by atoms with Crippen LogP contribution < -0.4 is 27.4 Å². The lowest BCUT2D eigenvalue weighted by molar-refractivity contribution is -0.142. The molecule has 0 aliphatic carbocycles. The molecule has 212 valence electrons. The van der Waals surface area contributed by atoms with Gasteiger partial charge in [-0.25, -0.2) is 4.79 Å². The first kappa shape index (κ1) is 32.5. The number of amides is 3. The van der Waals surface area contributed by atoms with Crippen molar-refractivity contribution in [3.63, 3.8) is 0 Å². The summed E-state index contributed by atoms with van der Waals surface area (Å²) in [4.78, 5) is 61.9. The summed E-state index contributed by atoms with van der Waals surface area (Å²) >= 11 is 0. The zero-order chi connectivity index (χ0) is 28.7. The summed E-state index contributed by atoms with van der Waals surface area (Å²) in [5.74, 6) is -4.67. The van der Waals surface area contributed by atoms with Gasteiger partial charge in [0.25, 0.3) is 0 Å². The van der Waals surface area contributed by atoms with E-state index in [1.165, 1.54) is 0 Å². The van der Waals surface area contributed by atoms with Crippen molar-refractivity contribution < 1.29 is 34.2 Å². The number of nitrogens with two attached hydrogens (primary N) is 2. The Morgan fingerprint density at radius 3 is 1.97 bits per heavy atom. The molecule has 5 unspecified atom stereocenters. The molecule has 1 aromatic rings. The molecule has 0 heterocycles. The monoisotopic (exact) mass is 535 g/mol. The largest absolute Gasteiger partial charge is 0.481 e. The van der Waals surface area contributed by atoms with Gasteiger partial charge in [-0.3, -0.25) is 19.2 Å². The average Bonchev–Trinajstić information content (AvgIpc) is 2.89. The highest BCUT2D eigenvalue weighted by Gasteiger charge is 2.31. The fourth-order valence-corrected chi connectivity index (χ4v) is 3.67. The molecule has 9 N–H and O–H groups in total. The van der Waals surface area contributed by atoms with Gasteiger partial charge >= 0.3 is 11.9 Å². The molecule has 0 saturated carbocycles. The lowest BCUT2D eigenvalue weighted by Crippen LogP contribution is -2.58. The quantitative estimate of drug-likeness (QED) is 0.127. The second-order valence-corrected chi connectivity index (χ2v) is 9.34. The van der Waals surface area contributed by atoms with Crippen molar-refractivity contribution in [1.82, 2.24) is 16.0 Å². The molecule has 1 aromatic carbocycles. The van der Waals surface area contributed by atoms with Gasteiger partial charge in [0.1, 0.15) is 18.1 Å². The summed E-state index contributed by atoms with van der Waals surface area (Å²) in [5.41, 5.74) is 12.1. The average molecular weight is 536 g/mol. The number of carboxylic acid groups (broad SMARTS) is 2. The van der Waals surface area contributed by atoms with Gasteiger partial charge in [-0.1, -0.05) is 50.6 Å². The molecule has 0 aliphatic rings. The molecule has 3 amide bonds. The molecule has 1 rings (SSSR count). The maximum atomic E-state index is 13.2. The van der Waals surface area contributed by atoms with E-state index in [1.54, 1.807) is 37.3 Å². The van der Waals surface area contributed by atoms with Crippen LogP contribution in [0.25, 0.3) is 0 Å². The summed E-state index contributed by atoms with van der Waals surface area (Å²) in [6.07, 6.45) is 1.27. The standard InChI is InChI=1S/C26H41N5O7/c1-3-16(2)22(28)25(36)29-18(12-13-21(32)33)23(34)31-20(15-17-9-5-4-6-10-17)24(35)30-19(26(37)38)11-7-8-14-27/h4-6,9-10,16,18-20,22H,3,7-8,11-15,27-28H2,1-2H3,(H,29,36)(H,30,35)(H,31,34)(H,32,33)(H,37,38). The Bertz CT molecular complexity index is 928. The first-order valence-electron chi connectivity index (χ1n) is 12.8. The van der Waals surface area contributed by atoms with E-state index < -0.39 is 60.2 Å². The Hall–Kier alpha value is -3.51. The predicted molar refractivity (Wildman–Crippen MR) is 141 cm³/mol. The highest BCUT2D eigenvalue weighted by Crippen LogP contribution is 2.09. The molecule has 5 atom stereocenters. The zero-order valence-electron chi connectivity index (χ0n) is 22.0. The minimum Gasteiger partial charge on any atom is -0.481 e. The van der Waals surface area contributed by atoms with Crippen LogP contribution >= 0.6 is 0 Å². The Labute approximate surface area is 222 Å². The van der Waals surface area contributed by atoms with Crippen LogP contribution in [0.3, 0.4) is 0 Å². The van der Waals surface area contributed by atoms with E-state index in [2.05, 4.69) is 16.0 Å². The van der Waals surface area contributed by atoms with Crippen LogP contribution in [0.15, 0.2) is 30.3 Å². The van der Waals surface area contributed by atoms with E-state index >= 15 is 0 Å². The van der Waals surface area contributed by atoms with Crippen LogP contribution in [0.1, 0.15) is 57.9 Å². The van der Waals surface area contributed by atoms with Crippen molar-refractivity contribution in [2.45, 2.75) is 83.0 Å². The summed E-state index contributed by atoms with van der Waals surface area (Å²) in [6, 6.07) is 4.25. The Balaban J connectivity index is 3.13. The first-order chi connectivity index (χ1) is 18.0. The van der Waals surface area contributed by atoms with E-state index in [4.69, 9.17) is 16.6 Å². The lowest BCUT2D eigenvalue weighted by Gasteiger charge is -2.26. The van der Waals surface area contributed by atoms with Crippen LogP contribution in [-0.4, -0.2) is 70.6 Å². The molecule has 38 heavy (non-hydrogen) atoms.